The van der Waals surface area contributed by atoms with Crippen LogP contribution in [0.15, 0.2) is 36.4 Å². The van der Waals surface area contributed by atoms with E-state index in [1.165, 1.54) is 24.3 Å². The van der Waals surface area contributed by atoms with Crippen molar-refractivity contribution in [1.82, 2.24) is 0 Å². The van der Waals surface area contributed by atoms with E-state index in [0.717, 1.165) is 12.5 Å². The fourth-order valence-corrected chi connectivity index (χ4v) is 3.40. The van der Waals surface area contributed by atoms with Gasteiger partial charge in [-0.25, -0.2) is 0 Å². The summed E-state index contributed by atoms with van der Waals surface area (Å²) in [5.41, 5.74) is 1.79. The molecular formula is C15H12O7S2. The second-order valence-corrected chi connectivity index (χ2v) is 8.47. The molecule has 3 rings (SSSR count). The second kappa shape index (κ2) is 5.32. The average molecular weight is 368 g/mol. The summed E-state index contributed by atoms with van der Waals surface area (Å²) in [6, 6.07) is 8.74. The topological polar surface area (TPSA) is 104 Å². The fraction of sp³-hybridized carbons (Fsp3) is 0.133. The second-order valence-electron chi connectivity index (χ2n) is 5.32. The van der Waals surface area contributed by atoms with Crippen molar-refractivity contribution in [2.75, 3.05) is 12.5 Å². The largest absolute Gasteiger partial charge is 0.383 e. The molecule has 1 aliphatic carbocycles. The number of fused-ring (bicyclic) bond motifs is 3. The summed E-state index contributed by atoms with van der Waals surface area (Å²) >= 11 is 0. The molecule has 0 saturated carbocycles. The number of carbonyl (C=O) groups excluding carboxylic acids is 1. The van der Waals surface area contributed by atoms with Gasteiger partial charge in [0.1, 0.15) is 11.5 Å². The first kappa shape index (κ1) is 16.5. The van der Waals surface area contributed by atoms with Crippen LogP contribution in [0.1, 0.15) is 15.9 Å². The molecule has 0 bridgehead atoms. The van der Waals surface area contributed by atoms with Crippen LogP contribution in [-0.4, -0.2) is 35.1 Å². The normalized spacial score (nSPS) is 13.3. The van der Waals surface area contributed by atoms with Crippen LogP contribution in [0.4, 0.5) is 0 Å². The van der Waals surface area contributed by atoms with Gasteiger partial charge < -0.3 is 8.37 Å². The molecule has 0 aromatic heterocycles. The van der Waals surface area contributed by atoms with Crippen LogP contribution in [0, 0.1) is 0 Å². The van der Waals surface area contributed by atoms with Crippen molar-refractivity contribution in [1.29, 1.82) is 0 Å². The van der Waals surface area contributed by atoms with E-state index in [9.17, 15) is 21.6 Å². The van der Waals surface area contributed by atoms with E-state index < -0.39 is 20.2 Å². The van der Waals surface area contributed by atoms with E-state index in [-0.39, 0.29) is 28.4 Å². The van der Waals surface area contributed by atoms with Gasteiger partial charge in [0.15, 0.2) is 5.78 Å². The molecule has 0 heterocycles. The smallest absolute Gasteiger partial charge is 0.306 e. The first-order valence-electron chi connectivity index (χ1n) is 6.65. The Balaban J connectivity index is 2.04. The molecule has 0 fully saturated rings. The molecule has 2 aromatic rings. The zero-order chi connectivity index (χ0) is 17.7. The Bertz CT molecular complexity index is 981. The van der Waals surface area contributed by atoms with Crippen LogP contribution in [0.2, 0.25) is 0 Å². The molecular weight excluding hydrogens is 356 g/mol. The third kappa shape index (κ3) is 3.26. The lowest BCUT2D eigenvalue weighted by Gasteiger charge is -2.05. The minimum absolute atomic E-state index is 0.0324. The number of hydrogen-bond donors (Lipinski definition) is 0. The average Bonchev–Trinajstić information content (AvgIpc) is 2.68. The molecule has 0 spiro atoms. The summed E-state index contributed by atoms with van der Waals surface area (Å²) in [6.07, 6.45) is 1.82. The van der Waals surface area contributed by atoms with Gasteiger partial charge in [-0.15, -0.1) is 0 Å². The van der Waals surface area contributed by atoms with Crippen molar-refractivity contribution in [3.8, 4) is 22.6 Å². The Labute approximate surface area is 139 Å². The highest BCUT2D eigenvalue weighted by atomic mass is 32.2. The maximum absolute atomic E-state index is 12.5. The molecule has 2 aromatic carbocycles. The Kier molecular flexibility index (Phi) is 3.65. The minimum atomic E-state index is -3.70. The van der Waals surface area contributed by atoms with Crippen molar-refractivity contribution in [3.05, 3.63) is 47.5 Å². The summed E-state index contributed by atoms with van der Waals surface area (Å²) < 4.78 is 54.3. The molecule has 1 aliphatic rings. The molecule has 7 nitrogen and oxygen atoms in total. The van der Waals surface area contributed by atoms with Crippen LogP contribution in [0.25, 0.3) is 11.1 Å². The molecule has 0 atom stereocenters. The van der Waals surface area contributed by atoms with Crippen molar-refractivity contribution in [2.45, 2.75) is 0 Å². The van der Waals surface area contributed by atoms with Crippen LogP contribution in [-0.2, 0) is 20.2 Å². The van der Waals surface area contributed by atoms with Gasteiger partial charge >= 0.3 is 20.2 Å². The zero-order valence-electron chi connectivity index (χ0n) is 12.6. The first-order chi connectivity index (χ1) is 11.0. The van der Waals surface area contributed by atoms with E-state index in [1.54, 1.807) is 12.1 Å². The van der Waals surface area contributed by atoms with E-state index in [4.69, 9.17) is 8.37 Å². The predicted octanol–water partition coefficient (Wildman–Crippen LogP) is 1.57. The van der Waals surface area contributed by atoms with Gasteiger partial charge in [0, 0.05) is 11.1 Å². The predicted molar refractivity (Wildman–Crippen MR) is 86.3 cm³/mol. The summed E-state index contributed by atoms with van der Waals surface area (Å²) in [5.74, 6) is -0.298. The number of hydrogen-bond acceptors (Lipinski definition) is 7. The third-order valence-electron chi connectivity index (χ3n) is 3.26. The summed E-state index contributed by atoms with van der Waals surface area (Å²) in [7, 11) is -7.41. The number of rotatable bonds is 4. The lowest BCUT2D eigenvalue weighted by molar-refractivity contribution is 0.104. The monoisotopic (exact) mass is 368 g/mol. The zero-order valence-corrected chi connectivity index (χ0v) is 14.3. The minimum Gasteiger partial charge on any atom is -0.383 e. The maximum Gasteiger partial charge on any atom is 0.306 e. The number of ketones is 1. The number of benzene rings is 2. The molecule has 0 unspecified atom stereocenters. The van der Waals surface area contributed by atoms with E-state index in [2.05, 4.69) is 0 Å². The van der Waals surface area contributed by atoms with Crippen molar-refractivity contribution >= 4 is 26.0 Å². The molecule has 0 radical (unpaired) electrons. The highest BCUT2D eigenvalue weighted by molar-refractivity contribution is 7.86. The van der Waals surface area contributed by atoms with Gasteiger partial charge in [0.2, 0.25) is 0 Å². The van der Waals surface area contributed by atoms with Gasteiger partial charge in [-0.2, -0.15) is 16.8 Å². The maximum atomic E-state index is 12.5. The van der Waals surface area contributed by atoms with Crippen molar-refractivity contribution in [2.24, 2.45) is 0 Å². The Morgan fingerprint density at radius 2 is 1.04 bits per heavy atom. The SMILES string of the molecule is CS(=O)(=O)Oc1ccc2c(c1)C(=O)c1cc(OS(C)(=O)=O)ccc1-2. The van der Waals surface area contributed by atoms with E-state index in [1.807, 2.05) is 0 Å². The molecule has 0 N–H and O–H groups in total. The van der Waals surface area contributed by atoms with E-state index in [0.29, 0.717) is 11.1 Å². The highest BCUT2D eigenvalue weighted by Crippen LogP contribution is 2.40. The van der Waals surface area contributed by atoms with Gasteiger partial charge in [0.05, 0.1) is 12.5 Å². The van der Waals surface area contributed by atoms with Gasteiger partial charge in [-0.1, -0.05) is 0 Å². The molecule has 0 saturated heterocycles. The van der Waals surface area contributed by atoms with Crippen LogP contribution >= 0.6 is 0 Å². The molecule has 0 aliphatic heterocycles. The van der Waals surface area contributed by atoms with E-state index >= 15 is 0 Å². The van der Waals surface area contributed by atoms with Crippen LogP contribution in [0.3, 0.4) is 0 Å². The first-order valence-corrected chi connectivity index (χ1v) is 10.3. The Morgan fingerprint density at radius 3 is 1.38 bits per heavy atom. The summed E-state index contributed by atoms with van der Waals surface area (Å²) in [4.78, 5) is 12.5. The molecule has 0 amide bonds. The lowest BCUT2D eigenvalue weighted by atomic mass is 10.1. The number of carbonyl (C=O) groups is 1. The molecule has 24 heavy (non-hydrogen) atoms. The Hall–Kier alpha value is -2.39. The van der Waals surface area contributed by atoms with Crippen molar-refractivity contribution in [3.63, 3.8) is 0 Å². The van der Waals surface area contributed by atoms with Crippen LogP contribution in [0.5, 0.6) is 11.5 Å². The van der Waals surface area contributed by atoms with Crippen molar-refractivity contribution < 1.29 is 30.0 Å². The lowest BCUT2D eigenvalue weighted by Crippen LogP contribution is -2.07. The van der Waals surface area contributed by atoms with Gasteiger partial charge in [-0.3, -0.25) is 4.79 Å². The van der Waals surface area contributed by atoms with Gasteiger partial charge in [-0.05, 0) is 47.5 Å². The standard InChI is InChI=1S/C15H12O7S2/c1-23(17,18)21-9-3-5-11-12-6-4-10(22-24(2,19)20)8-14(12)15(16)13(11)7-9/h3-8H,1-2H3. The Morgan fingerprint density at radius 1 is 0.667 bits per heavy atom. The summed E-state index contributed by atoms with van der Waals surface area (Å²) in [6.45, 7) is 0. The highest BCUT2D eigenvalue weighted by Gasteiger charge is 2.28. The van der Waals surface area contributed by atoms with Gasteiger partial charge in [0.25, 0.3) is 0 Å². The van der Waals surface area contributed by atoms with Crippen LogP contribution < -0.4 is 8.37 Å². The quantitative estimate of drug-likeness (QED) is 0.644. The fourth-order valence-electron chi connectivity index (χ4n) is 2.49. The third-order valence-corrected chi connectivity index (χ3v) is 4.25. The molecule has 126 valence electrons. The molecule has 9 heteroatoms. The summed E-state index contributed by atoms with van der Waals surface area (Å²) in [5, 5.41) is 0.